The van der Waals surface area contributed by atoms with Gasteiger partial charge in [0.25, 0.3) is 0 Å². The summed E-state index contributed by atoms with van der Waals surface area (Å²) in [5.74, 6) is 0. The molecule has 0 bridgehead atoms. The molecule has 0 N–H and O–H groups in total. The first-order valence-corrected chi connectivity index (χ1v) is 12.3. The van der Waals surface area contributed by atoms with Crippen molar-refractivity contribution in [1.29, 1.82) is 0 Å². The lowest BCUT2D eigenvalue weighted by molar-refractivity contribution is 0.181. The van der Waals surface area contributed by atoms with Gasteiger partial charge in [-0.15, -0.1) is 0 Å². The van der Waals surface area contributed by atoms with Crippen LogP contribution in [-0.2, 0) is 18.1 Å². The van der Waals surface area contributed by atoms with Crippen LogP contribution in [0.4, 0.5) is 0 Å². The molecule has 0 fully saturated rings. The third kappa shape index (κ3) is 6.73. The molecule has 0 spiro atoms. The Labute approximate surface area is 172 Å². The van der Waals surface area contributed by atoms with E-state index in [-0.39, 0.29) is 24.4 Å². The molecule has 0 saturated heterocycles. The summed E-state index contributed by atoms with van der Waals surface area (Å²) in [5.41, 5.74) is 0. The van der Waals surface area contributed by atoms with Crippen molar-refractivity contribution in [2.75, 3.05) is 0 Å². The number of benzene rings is 2. The van der Waals surface area contributed by atoms with Crippen LogP contribution < -0.4 is 10.6 Å². The normalized spacial score (nSPS) is 12.6. The predicted molar refractivity (Wildman–Crippen MR) is 122 cm³/mol. The van der Waals surface area contributed by atoms with Crippen LogP contribution in [0.3, 0.4) is 0 Å². The molecule has 4 nitrogen and oxygen atoms in total. The van der Waals surface area contributed by atoms with Gasteiger partial charge in [-0.2, -0.15) is 0 Å². The maximum absolute atomic E-state index is 6.30. The molecule has 0 radical (unpaired) electrons. The minimum atomic E-state index is -1.28. The van der Waals surface area contributed by atoms with Gasteiger partial charge in [0.05, 0.1) is 24.4 Å². The third-order valence-electron chi connectivity index (χ3n) is 3.48. The third-order valence-corrected chi connectivity index (χ3v) is 7.73. The summed E-state index contributed by atoms with van der Waals surface area (Å²) < 4.78 is 25.1. The lowest BCUT2D eigenvalue weighted by atomic mass is 10.1. The molecule has 0 amide bonds. The maximum atomic E-state index is 6.30. The van der Waals surface area contributed by atoms with Crippen LogP contribution in [0.25, 0.3) is 10.8 Å². The fourth-order valence-electron chi connectivity index (χ4n) is 2.62. The Bertz CT molecular complexity index is 726. The molecule has 6 heteroatoms. The Balaban J connectivity index is 2.67. The molecular weight excluding hydrogens is 390 g/mol. The molecule has 2 aromatic carbocycles. The first-order chi connectivity index (χ1) is 13.2. The number of fused-ring (bicyclic) bond motifs is 1. The van der Waals surface area contributed by atoms with E-state index in [1.54, 1.807) is 0 Å². The molecule has 0 aliphatic heterocycles. The van der Waals surface area contributed by atoms with Crippen molar-refractivity contribution >= 4 is 38.1 Å². The second-order valence-corrected chi connectivity index (χ2v) is 10.6. The van der Waals surface area contributed by atoms with E-state index in [1.165, 1.54) is 0 Å². The van der Waals surface area contributed by atoms with Crippen molar-refractivity contribution in [3.63, 3.8) is 0 Å². The van der Waals surface area contributed by atoms with Gasteiger partial charge < -0.3 is 18.1 Å². The van der Waals surface area contributed by atoms with Crippen molar-refractivity contribution in [3.8, 4) is 0 Å². The molecular formula is C22H34O4P2. The van der Waals surface area contributed by atoms with Gasteiger partial charge in [-0.1, -0.05) is 30.3 Å². The summed E-state index contributed by atoms with van der Waals surface area (Å²) in [6.45, 7) is 16.3. The molecule has 0 unspecified atom stereocenters. The van der Waals surface area contributed by atoms with Gasteiger partial charge in [0, 0.05) is 10.6 Å². The van der Waals surface area contributed by atoms with Crippen LogP contribution in [0, 0.1) is 0 Å². The van der Waals surface area contributed by atoms with Crippen LogP contribution in [0.1, 0.15) is 55.4 Å². The zero-order valence-corrected chi connectivity index (χ0v) is 20.1. The second-order valence-electron chi connectivity index (χ2n) is 7.79. The van der Waals surface area contributed by atoms with E-state index >= 15 is 0 Å². The highest BCUT2D eigenvalue weighted by atomic mass is 31.2. The van der Waals surface area contributed by atoms with Gasteiger partial charge in [-0.3, -0.25) is 0 Å². The second kappa shape index (κ2) is 11.0. The zero-order chi connectivity index (χ0) is 20.8. The van der Waals surface area contributed by atoms with Crippen molar-refractivity contribution in [2.24, 2.45) is 0 Å². The van der Waals surface area contributed by atoms with E-state index in [0.29, 0.717) is 0 Å². The van der Waals surface area contributed by atoms with Gasteiger partial charge in [0.1, 0.15) is 0 Å². The van der Waals surface area contributed by atoms with Crippen LogP contribution >= 0.6 is 16.8 Å². The van der Waals surface area contributed by atoms with Gasteiger partial charge in [0.2, 0.25) is 16.8 Å². The zero-order valence-electron chi connectivity index (χ0n) is 18.3. The molecule has 28 heavy (non-hydrogen) atoms. The van der Waals surface area contributed by atoms with Crippen molar-refractivity contribution in [3.05, 3.63) is 36.4 Å². The van der Waals surface area contributed by atoms with E-state index in [2.05, 4.69) is 36.4 Å². The number of rotatable bonds is 10. The summed E-state index contributed by atoms with van der Waals surface area (Å²) in [6, 6.07) is 12.6. The van der Waals surface area contributed by atoms with E-state index in [4.69, 9.17) is 18.1 Å². The Morgan fingerprint density at radius 2 is 1.04 bits per heavy atom. The van der Waals surface area contributed by atoms with Crippen LogP contribution in [0.15, 0.2) is 36.4 Å². The Morgan fingerprint density at radius 3 is 1.54 bits per heavy atom. The summed E-state index contributed by atoms with van der Waals surface area (Å²) >= 11 is 0. The van der Waals surface area contributed by atoms with Crippen molar-refractivity contribution in [1.82, 2.24) is 0 Å². The standard InChI is InChI=1S/C22H34O4P2/c1-15(2)23-27(24-16(3)4)21-14-13-19-11-9-10-12-20(19)22(21)28(25-17(5)6)26-18(7)8/h9-18H,1-8H3. The summed E-state index contributed by atoms with van der Waals surface area (Å²) in [6.07, 6.45) is 0.236. The van der Waals surface area contributed by atoms with Gasteiger partial charge in [-0.25, -0.2) is 0 Å². The molecule has 0 aliphatic carbocycles. The topological polar surface area (TPSA) is 36.9 Å². The molecule has 0 aromatic heterocycles. The molecule has 0 atom stereocenters. The number of hydrogen-bond donors (Lipinski definition) is 0. The Kier molecular flexibility index (Phi) is 9.28. The first kappa shape index (κ1) is 23.7. The lowest BCUT2D eigenvalue weighted by Gasteiger charge is -2.29. The largest absolute Gasteiger partial charge is 0.328 e. The van der Waals surface area contributed by atoms with Crippen LogP contribution in [0.5, 0.6) is 0 Å². The lowest BCUT2D eigenvalue weighted by Crippen LogP contribution is -2.28. The Hall–Kier alpha value is -0.600. The fraction of sp³-hybridized carbons (Fsp3) is 0.545. The minimum absolute atomic E-state index is 0.0555. The van der Waals surface area contributed by atoms with Crippen molar-refractivity contribution in [2.45, 2.75) is 79.8 Å². The van der Waals surface area contributed by atoms with Crippen LogP contribution in [0.2, 0.25) is 0 Å². The van der Waals surface area contributed by atoms with E-state index < -0.39 is 16.8 Å². The molecule has 0 heterocycles. The summed E-state index contributed by atoms with van der Waals surface area (Å²) in [5, 5.41) is 4.42. The maximum Gasteiger partial charge on any atom is 0.207 e. The average Bonchev–Trinajstić information content (AvgIpc) is 2.58. The van der Waals surface area contributed by atoms with Gasteiger partial charge in [0.15, 0.2) is 0 Å². The molecule has 0 saturated carbocycles. The SMILES string of the molecule is CC(C)OP(OC(C)C)c1ccc2ccccc2c1P(OC(C)C)OC(C)C. The predicted octanol–water partition coefficient (Wildman–Crippen LogP) is 6.41. The smallest absolute Gasteiger partial charge is 0.207 e. The highest BCUT2D eigenvalue weighted by Crippen LogP contribution is 2.47. The quantitative estimate of drug-likeness (QED) is 0.413. The Morgan fingerprint density at radius 1 is 0.571 bits per heavy atom. The highest BCUT2D eigenvalue weighted by Gasteiger charge is 2.29. The van der Waals surface area contributed by atoms with E-state index in [9.17, 15) is 0 Å². The average molecular weight is 424 g/mol. The summed E-state index contributed by atoms with van der Waals surface area (Å²) in [7, 11) is -2.54. The van der Waals surface area contributed by atoms with Crippen molar-refractivity contribution < 1.29 is 18.1 Å². The van der Waals surface area contributed by atoms with Gasteiger partial charge in [-0.05, 0) is 72.2 Å². The monoisotopic (exact) mass is 424 g/mol. The first-order valence-electron chi connectivity index (χ1n) is 9.98. The molecule has 0 aliphatic rings. The van der Waals surface area contributed by atoms with Crippen LogP contribution in [-0.4, -0.2) is 24.4 Å². The fourth-order valence-corrected chi connectivity index (χ4v) is 6.33. The number of hydrogen-bond acceptors (Lipinski definition) is 4. The summed E-state index contributed by atoms with van der Waals surface area (Å²) in [4.78, 5) is 0. The highest BCUT2D eigenvalue weighted by molar-refractivity contribution is 7.63. The minimum Gasteiger partial charge on any atom is -0.328 e. The molecule has 156 valence electrons. The van der Waals surface area contributed by atoms with E-state index in [1.807, 2.05) is 55.4 Å². The van der Waals surface area contributed by atoms with Gasteiger partial charge >= 0.3 is 0 Å². The van der Waals surface area contributed by atoms with E-state index in [0.717, 1.165) is 21.4 Å². The molecule has 2 aromatic rings. The molecule has 2 rings (SSSR count).